The van der Waals surface area contributed by atoms with Crippen molar-refractivity contribution in [3.8, 4) is 0 Å². The molecular weight excluding hydrogens is 284 g/mol. The van der Waals surface area contributed by atoms with Gasteiger partial charge in [-0.2, -0.15) is 0 Å². The van der Waals surface area contributed by atoms with Crippen molar-refractivity contribution in [3.63, 3.8) is 0 Å². The Balaban J connectivity index is 1.82. The maximum Gasteiger partial charge on any atom is 0.316 e. The smallest absolute Gasteiger partial charge is 0.316 e. The Hall–Kier alpha value is -1.92. The van der Waals surface area contributed by atoms with Crippen LogP contribution in [0, 0.1) is 6.92 Å². The van der Waals surface area contributed by atoms with Crippen molar-refractivity contribution in [2.45, 2.75) is 26.3 Å². The van der Waals surface area contributed by atoms with Crippen LogP contribution in [0.2, 0.25) is 0 Å². The van der Waals surface area contributed by atoms with Crippen molar-refractivity contribution in [1.29, 1.82) is 0 Å². The summed E-state index contributed by atoms with van der Waals surface area (Å²) in [6.45, 7) is 5.01. The summed E-state index contributed by atoms with van der Waals surface area (Å²) < 4.78 is 0. The molecule has 1 aromatic heterocycles. The molecule has 6 heteroatoms. The number of anilines is 1. The molecule has 1 atom stereocenters. The number of primary amides is 1. The highest BCUT2D eigenvalue weighted by Gasteiger charge is 2.06. The molecule has 0 saturated carbocycles. The number of hydrogen-bond donors (Lipinski definition) is 3. The fourth-order valence-corrected chi connectivity index (χ4v) is 2.80. The summed E-state index contributed by atoms with van der Waals surface area (Å²) in [5.41, 5.74) is 8.03. The number of aromatic nitrogens is 1. The average Bonchev–Trinajstić information content (AvgIpc) is 2.84. The normalized spacial score (nSPS) is 12.1. The molecule has 1 aromatic carbocycles. The topological polar surface area (TPSA) is 80.0 Å². The Labute approximate surface area is 128 Å². The summed E-state index contributed by atoms with van der Waals surface area (Å²) in [5.74, 6) is 0. The monoisotopic (exact) mass is 304 g/mol. The molecule has 2 aromatic rings. The lowest BCUT2D eigenvalue weighted by Crippen LogP contribution is -2.21. The van der Waals surface area contributed by atoms with Gasteiger partial charge >= 0.3 is 6.03 Å². The van der Waals surface area contributed by atoms with Crippen LogP contribution in [0.15, 0.2) is 29.6 Å². The Bertz CT molecular complexity index is 594. The third kappa shape index (κ3) is 4.84. The van der Waals surface area contributed by atoms with E-state index in [9.17, 15) is 4.79 Å². The molecule has 0 saturated heterocycles. The zero-order valence-electron chi connectivity index (χ0n) is 12.2. The van der Waals surface area contributed by atoms with Crippen LogP contribution in [0.25, 0.3) is 0 Å². The van der Waals surface area contributed by atoms with E-state index >= 15 is 0 Å². The molecule has 0 aliphatic heterocycles. The summed E-state index contributed by atoms with van der Waals surface area (Å²) >= 11 is 1.70. The van der Waals surface area contributed by atoms with Gasteiger partial charge in [-0.1, -0.05) is 12.1 Å². The Morgan fingerprint density at radius 3 is 2.67 bits per heavy atom. The molecule has 2 amide bonds. The first-order valence-corrected chi connectivity index (χ1v) is 7.73. The molecule has 0 aliphatic rings. The predicted molar refractivity (Wildman–Crippen MR) is 86.6 cm³/mol. The summed E-state index contributed by atoms with van der Waals surface area (Å²) in [5, 5.41) is 9.25. The van der Waals surface area contributed by atoms with E-state index in [0.29, 0.717) is 5.69 Å². The maximum absolute atomic E-state index is 10.8. The van der Waals surface area contributed by atoms with E-state index in [1.54, 1.807) is 11.3 Å². The Morgan fingerprint density at radius 2 is 2.10 bits per heavy atom. The second kappa shape index (κ2) is 7.19. The van der Waals surface area contributed by atoms with E-state index in [1.807, 2.05) is 31.2 Å². The van der Waals surface area contributed by atoms with Crippen LogP contribution in [0.5, 0.6) is 0 Å². The highest BCUT2D eigenvalue weighted by atomic mass is 32.1. The van der Waals surface area contributed by atoms with Gasteiger partial charge < -0.3 is 16.4 Å². The van der Waals surface area contributed by atoms with Crippen LogP contribution in [-0.2, 0) is 6.42 Å². The van der Waals surface area contributed by atoms with Gasteiger partial charge in [0.15, 0.2) is 0 Å². The van der Waals surface area contributed by atoms with E-state index in [0.717, 1.165) is 23.7 Å². The molecule has 21 heavy (non-hydrogen) atoms. The minimum absolute atomic E-state index is 0.244. The highest BCUT2D eigenvalue weighted by molar-refractivity contribution is 7.09. The van der Waals surface area contributed by atoms with E-state index in [-0.39, 0.29) is 6.04 Å². The molecule has 2 rings (SSSR count). The molecule has 0 fully saturated rings. The van der Waals surface area contributed by atoms with Crippen molar-refractivity contribution < 1.29 is 4.79 Å². The van der Waals surface area contributed by atoms with Crippen LogP contribution >= 0.6 is 11.3 Å². The Kier molecular flexibility index (Phi) is 5.30. The largest absolute Gasteiger partial charge is 0.351 e. The first-order chi connectivity index (χ1) is 10.0. The zero-order chi connectivity index (χ0) is 15.2. The summed E-state index contributed by atoms with van der Waals surface area (Å²) in [4.78, 5) is 15.2. The number of thiazole rings is 1. The SMILES string of the molecule is Cc1csc(CCNC(C)c2ccc(NC(N)=O)cc2)n1. The van der Waals surface area contributed by atoms with Crippen LogP contribution in [0.1, 0.15) is 29.2 Å². The van der Waals surface area contributed by atoms with E-state index < -0.39 is 6.03 Å². The predicted octanol–water partition coefficient (Wildman–Crippen LogP) is 2.84. The van der Waals surface area contributed by atoms with Crippen molar-refractivity contribution >= 4 is 23.1 Å². The number of nitrogens with two attached hydrogens (primary N) is 1. The lowest BCUT2D eigenvalue weighted by molar-refractivity contribution is 0.259. The summed E-state index contributed by atoms with van der Waals surface area (Å²) in [7, 11) is 0. The van der Waals surface area contributed by atoms with Gasteiger partial charge in [-0.15, -0.1) is 11.3 Å². The van der Waals surface area contributed by atoms with Crippen molar-refractivity contribution in [2.24, 2.45) is 5.73 Å². The molecule has 0 radical (unpaired) electrons. The molecule has 112 valence electrons. The lowest BCUT2D eigenvalue weighted by atomic mass is 10.1. The van der Waals surface area contributed by atoms with Gasteiger partial charge in [0.1, 0.15) is 0 Å². The zero-order valence-corrected chi connectivity index (χ0v) is 13.0. The van der Waals surface area contributed by atoms with Crippen LogP contribution in [0.3, 0.4) is 0 Å². The third-order valence-electron chi connectivity index (χ3n) is 3.13. The molecule has 0 spiro atoms. The fourth-order valence-electron chi connectivity index (χ4n) is 2.03. The Morgan fingerprint density at radius 1 is 1.38 bits per heavy atom. The number of rotatable bonds is 6. The van der Waals surface area contributed by atoms with Gasteiger partial charge in [0.05, 0.1) is 5.01 Å². The molecule has 1 unspecified atom stereocenters. The van der Waals surface area contributed by atoms with E-state index in [2.05, 4.69) is 27.9 Å². The number of hydrogen-bond acceptors (Lipinski definition) is 4. The number of amides is 2. The lowest BCUT2D eigenvalue weighted by Gasteiger charge is -2.14. The maximum atomic E-state index is 10.8. The van der Waals surface area contributed by atoms with Gasteiger partial charge in [0.25, 0.3) is 0 Å². The first-order valence-electron chi connectivity index (χ1n) is 6.85. The number of carbonyl (C=O) groups is 1. The van der Waals surface area contributed by atoms with Gasteiger partial charge in [0, 0.05) is 35.8 Å². The highest BCUT2D eigenvalue weighted by Crippen LogP contribution is 2.16. The van der Waals surface area contributed by atoms with Crippen LogP contribution in [0.4, 0.5) is 10.5 Å². The van der Waals surface area contributed by atoms with Gasteiger partial charge in [-0.25, -0.2) is 9.78 Å². The number of urea groups is 1. The first kappa shape index (κ1) is 15.5. The quantitative estimate of drug-likeness (QED) is 0.767. The van der Waals surface area contributed by atoms with E-state index in [1.165, 1.54) is 5.56 Å². The van der Waals surface area contributed by atoms with Gasteiger partial charge in [0.2, 0.25) is 0 Å². The number of aryl methyl sites for hydroxylation is 1. The van der Waals surface area contributed by atoms with Gasteiger partial charge in [-0.3, -0.25) is 0 Å². The second-order valence-electron chi connectivity index (χ2n) is 4.92. The molecule has 0 aliphatic carbocycles. The average molecular weight is 304 g/mol. The van der Waals surface area contributed by atoms with Crippen LogP contribution in [-0.4, -0.2) is 17.6 Å². The minimum atomic E-state index is -0.548. The number of nitrogens with zero attached hydrogens (tertiary/aromatic N) is 1. The second-order valence-corrected chi connectivity index (χ2v) is 5.86. The van der Waals surface area contributed by atoms with Gasteiger partial charge in [-0.05, 0) is 31.5 Å². The molecular formula is C15H20N4OS. The minimum Gasteiger partial charge on any atom is -0.351 e. The number of nitrogens with one attached hydrogen (secondary N) is 2. The number of benzene rings is 1. The molecule has 4 N–H and O–H groups in total. The summed E-state index contributed by atoms with van der Waals surface area (Å²) in [6.07, 6.45) is 0.935. The fraction of sp³-hybridized carbons (Fsp3) is 0.333. The summed E-state index contributed by atoms with van der Waals surface area (Å²) in [6, 6.07) is 7.36. The van der Waals surface area contributed by atoms with E-state index in [4.69, 9.17) is 5.73 Å². The number of carbonyl (C=O) groups excluding carboxylic acids is 1. The van der Waals surface area contributed by atoms with Crippen molar-refractivity contribution in [2.75, 3.05) is 11.9 Å². The van der Waals surface area contributed by atoms with Crippen molar-refractivity contribution in [1.82, 2.24) is 10.3 Å². The molecule has 5 nitrogen and oxygen atoms in total. The molecule has 1 heterocycles. The van der Waals surface area contributed by atoms with Crippen molar-refractivity contribution in [3.05, 3.63) is 45.9 Å². The van der Waals surface area contributed by atoms with Crippen LogP contribution < -0.4 is 16.4 Å². The standard InChI is InChI=1S/C15H20N4OS/c1-10-9-21-14(18-10)7-8-17-11(2)12-3-5-13(6-4-12)19-15(16)20/h3-6,9,11,17H,7-8H2,1-2H3,(H3,16,19,20). The molecule has 0 bridgehead atoms. The third-order valence-corrected chi connectivity index (χ3v) is 4.16.